The molecule has 2 amide bonds. The minimum Gasteiger partial charge on any atom is -0.469 e. The van der Waals surface area contributed by atoms with Gasteiger partial charge in [0, 0.05) is 24.9 Å². The fourth-order valence-electron chi connectivity index (χ4n) is 2.94. The van der Waals surface area contributed by atoms with Gasteiger partial charge in [-0.3, -0.25) is 14.4 Å². The third-order valence-corrected chi connectivity index (χ3v) is 5.71. The Balaban J connectivity index is 1.93. The number of methoxy groups -OCH3 is 1. The molecule has 2 rings (SSSR count). The summed E-state index contributed by atoms with van der Waals surface area (Å²) >= 11 is 1.29. The highest BCUT2D eigenvalue weighted by Crippen LogP contribution is 2.33. The van der Waals surface area contributed by atoms with Crippen molar-refractivity contribution in [2.24, 2.45) is 5.92 Å². The van der Waals surface area contributed by atoms with Crippen LogP contribution in [0.2, 0.25) is 0 Å². The van der Waals surface area contributed by atoms with E-state index in [-0.39, 0.29) is 35.9 Å². The second-order valence-electron chi connectivity index (χ2n) is 6.42. The maximum Gasteiger partial charge on any atom is 0.341 e. The van der Waals surface area contributed by atoms with Crippen molar-refractivity contribution in [3.63, 3.8) is 0 Å². The standard InChI is InChI=1S/C18H24N2O6S/c1-10-11(2)27-16(19-12(3)21)15(10)18(24)26-9-14(22)20-7-5-13(6-8-20)17(23)25-4/h13H,5-9H2,1-4H3,(H,19,21). The molecule has 1 aliphatic rings. The number of esters is 2. The first-order valence-corrected chi connectivity index (χ1v) is 9.46. The highest BCUT2D eigenvalue weighted by Gasteiger charge is 2.29. The van der Waals surface area contributed by atoms with E-state index in [1.165, 1.54) is 25.4 Å². The minimum absolute atomic E-state index is 0.196. The lowest BCUT2D eigenvalue weighted by Gasteiger charge is -2.30. The monoisotopic (exact) mass is 396 g/mol. The van der Waals surface area contributed by atoms with Gasteiger partial charge in [-0.2, -0.15) is 0 Å². The number of nitrogens with zero attached hydrogens (tertiary/aromatic N) is 1. The number of piperidine rings is 1. The third kappa shape index (κ3) is 5.06. The van der Waals surface area contributed by atoms with Gasteiger partial charge in [0.1, 0.15) is 5.00 Å². The molecule has 1 aromatic heterocycles. The molecular formula is C18H24N2O6S. The SMILES string of the molecule is COC(=O)C1CCN(C(=O)COC(=O)c2c(NC(C)=O)sc(C)c2C)CC1. The van der Waals surface area contributed by atoms with E-state index in [1.54, 1.807) is 11.8 Å². The first kappa shape index (κ1) is 20.9. The molecule has 1 aromatic rings. The molecule has 0 atom stereocenters. The zero-order valence-electron chi connectivity index (χ0n) is 15.9. The summed E-state index contributed by atoms with van der Waals surface area (Å²) in [5.41, 5.74) is 1.00. The maximum absolute atomic E-state index is 12.4. The summed E-state index contributed by atoms with van der Waals surface area (Å²) in [6.45, 7) is 5.44. The molecule has 1 fully saturated rings. The molecule has 1 N–H and O–H groups in total. The first-order valence-electron chi connectivity index (χ1n) is 8.64. The van der Waals surface area contributed by atoms with Crippen molar-refractivity contribution in [1.82, 2.24) is 4.90 Å². The van der Waals surface area contributed by atoms with Crippen molar-refractivity contribution in [3.8, 4) is 0 Å². The molecule has 0 saturated carbocycles. The van der Waals surface area contributed by atoms with E-state index in [2.05, 4.69) is 5.32 Å². The predicted octanol–water partition coefficient (Wildman–Crippen LogP) is 1.89. The number of rotatable bonds is 5. The first-order chi connectivity index (χ1) is 12.7. The molecule has 1 saturated heterocycles. The van der Waals surface area contributed by atoms with Gasteiger partial charge in [0.25, 0.3) is 5.91 Å². The summed E-state index contributed by atoms with van der Waals surface area (Å²) in [4.78, 5) is 50.1. The van der Waals surface area contributed by atoms with Gasteiger partial charge in [-0.05, 0) is 32.3 Å². The van der Waals surface area contributed by atoms with Gasteiger partial charge in [-0.25, -0.2) is 4.79 Å². The highest BCUT2D eigenvalue weighted by molar-refractivity contribution is 7.16. The van der Waals surface area contributed by atoms with E-state index in [9.17, 15) is 19.2 Å². The Hall–Kier alpha value is -2.42. The molecule has 1 aliphatic heterocycles. The molecule has 0 radical (unpaired) electrons. The molecule has 9 heteroatoms. The molecule has 0 aromatic carbocycles. The number of amides is 2. The second kappa shape index (κ2) is 8.98. The Kier molecular flexibility index (Phi) is 6.95. The third-order valence-electron chi connectivity index (χ3n) is 4.59. The number of hydrogen-bond acceptors (Lipinski definition) is 7. The van der Waals surface area contributed by atoms with Crippen LogP contribution in [0.1, 0.15) is 40.6 Å². The van der Waals surface area contributed by atoms with E-state index in [4.69, 9.17) is 9.47 Å². The van der Waals surface area contributed by atoms with Gasteiger partial charge >= 0.3 is 11.9 Å². The van der Waals surface area contributed by atoms with Gasteiger partial charge in [0.2, 0.25) is 5.91 Å². The molecule has 0 bridgehead atoms. The fourth-order valence-corrected chi connectivity index (χ4v) is 4.04. The van der Waals surface area contributed by atoms with Crippen molar-refractivity contribution in [1.29, 1.82) is 0 Å². The van der Waals surface area contributed by atoms with Crippen molar-refractivity contribution < 1.29 is 28.7 Å². The Bertz CT molecular complexity index is 749. The van der Waals surface area contributed by atoms with Crippen molar-refractivity contribution in [2.75, 3.05) is 32.1 Å². The van der Waals surface area contributed by atoms with E-state index < -0.39 is 5.97 Å². The normalized spacial score (nSPS) is 14.6. The van der Waals surface area contributed by atoms with Crippen LogP contribution in [0, 0.1) is 19.8 Å². The average molecular weight is 396 g/mol. The van der Waals surface area contributed by atoms with E-state index >= 15 is 0 Å². The van der Waals surface area contributed by atoms with E-state index in [0.717, 1.165) is 10.4 Å². The number of aryl methyl sites for hydroxylation is 1. The summed E-state index contributed by atoms with van der Waals surface area (Å²) < 4.78 is 9.91. The number of thiophene rings is 1. The quantitative estimate of drug-likeness (QED) is 0.763. The Labute approximate surface area is 161 Å². The van der Waals surface area contributed by atoms with Crippen molar-refractivity contribution in [3.05, 3.63) is 16.0 Å². The number of anilines is 1. The lowest BCUT2D eigenvalue weighted by molar-refractivity contribution is -0.149. The molecular weight excluding hydrogens is 372 g/mol. The number of ether oxygens (including phenoxy) is 2. The molecule has 0 unspecified atom stereocenters. The highest BCUT2D eigenvalue weighted by atomic mass is 32.1. The molecule has 27 heavy (non-hydrogen) atoms. The summed E-state index contributed by atoms with van der Waals surface area (Å²) in [6.07, 6.45) is 1.06. The molecule has 2 heterocycles. The number of hydrogen-bond donors (Lipinski definition) is 1. The minimum atomic E-state index is -0.640. The van der Waals surface area contributed by atoms with Crippen LogP contribution in [0.5, 0.6) is 0 Å². The lowest BCUT2D eigenvalue weighted by Crippen LogP contribution is -2.42. The van der Waals surface area contributed by atoms with E-state index in [0.29, 0.717) is 30.9 Å². The summed E-state index contributed by atoms with van der Waals surface area (Å²) in [7, 11) is 1.35. The predicted molar refractivity (Wildman–Crippen MR) is 99.7 cm³/mol. The molecule has 148 valence electrons. The number of carbonyl (C=O) groups excluding carboxylic acids is 4. The van der Waals surface area contributed by atoms with Crippen LogP contribution in [0.25, 0.3) is 0 Å². The lowest BCUT2D eigenvalue weighted by atomic mass is 9.97. The average Bonchev–Trinajstić information content (AvgIpc) is 2.91. The van der Waals surface area contributed by atoms with Gasteiger partial charge in [0.05, 0.1) is 18.6 Å². The van der Waals surface area contributed by atoms with Gasteiger partial charge in [0.15, 0.2) is 6.61 Å². The topological polar surface area (TPSA) is 102 Å². The Morgan fingerprint density at radius 3 is 2.37 bits per heavy atom. The van der Waals surface area contributed by atoms with Gasteiger partial charge < -0.3 is 19.7 Å². The number of carbonyl (C=O) groups is 4. The number of nitrogens with one attached hydrogen (secondary N) is 1. The maximum atomic E-state index is 12.4. The van der Waals surface area contributed by atoms with Crippen LogP contribution in [0.4, 0.5) is 5.00 Å². The van der Waals surface area contributed by atoms with Gasteiger partial charge in [-0.15, -0.1) is 11.3 Å². The number of likely N-dealkylation sites (tertiary alicyclic amines) is 1. The molecule has 8 nitrogen and oxygen atoms in total. The summed E-state index contributed by atoms with van der Waals surface area (Å²) in [5, 5.41) is 3.05. The molecule has 0 aliphatic carbocycles. The van der Waals surface area contributed by atoms with Crippen LogP contribution < -0.4 is 5.32 Å². The van der Waals surface area contributed by atoms with Crippen LogP contribution in [-0.4, -0.2) is 55.5 Å². The summed E-state index contributed by atoms with van der Waals surface area (Å²) in [5.74, 6) is -1.69. The van der Waals surface area contributed by atoms with Crippen molar-refractivity contribution >= 4 is 40.1 Å². The Morgan fingerprint density at radius 1 is 1.19 bits per heavy atom. The van der Waals surface area contributed by atoms with Crippen LogP contribution >= 0.6 is 11.3 Å². The van der Waals surface area contributed by atoms with Crippen LogP contribution in [0.15, 0.2) is 0 Å². The zero-order valence-corrected chi connectivity index (χ0v) is 16.7. The molecule has 0 spiro atoms. The van der Waals surface area contributed by atoms with Crippen molar-refractivity contribution in [2.45, 2.75) is 33.6 Å². The van der Waals surface area contributed by atoms with Crippen LogP contribution in [0.3, 0.4) is 0 Å². The van der Waals surface area contributed by atoms with Gasteiger partial charge in [-0.1, -0.05) is 0 Å². The smallest absolute Gasteiger partial charge is 0.341 e. The van der Waals surface area contributed by atoms with Crippen LogP contribution in [-0.2, 0) is 23.9 Å². The fraction of sp³-hybridized carbons (Fsp3) is 0.556. The summed E-state index contributed by atoms with van der Waals surface area (Å²) in [6, 6.07) is 0. The Morgan fingerprint density at radius 2 is 1.81 bits per heavy atom. The van der Waals surface area contributed by atoms with E-state index in [1.807, 2.05) is 6.92 Å². The zero-order chi connectivity index (χ0) is 20.1. The largest absolute Gasteiger partial charge is 0.469 e. The second-order valence-corrected chi connectivity index (χ2v) is 7.65.